The van der Waals surface area contributed by atoms with Crippen molar-refractivity contribution in [1.82, 2.24) is 9.97 Å². The minimum absolute atomic E-state index is 0.398. The average Bonchev–Trinajstić information content (AvgIpc) is 2.87. The van der Waals surface area contributed by atoms with E-state index in [-0.39, 0.29) is 0 Å². The molecule has 6 nitrogen and oxygen atoms in total. The lowest BCUT2D eigenvalue weighted by Gasteiger charge is -2.18. The Balaban J connectivity index is 1.94. The summed E-state index contributed by atoms with van der Waals surface area (Å²) in [6.07, 6.45) is 1.53. The zero-order valence-corrected chi connectivity index (χ0v) is 11.7. The van der Waals surface area contributed by atoms with Crippen LogP contribution in [0.2, 0.25) is 0 Å². The highest BCUT2D eigenvalue weighted by atomic mass is 16.5. The molecule has 3 rings (SSSR count). The summed E-state index contributed by atoms with van der Waals surface area (Å²) in [5, 5.41) is 9.63. The van der Waals surface area contributed by atoms with Gasteiger partial charge in [0.25, 0.3) is 0 Å². The van der Waals surface area contributed by atoms with Gasteiger partial charge in [0.1, 0.15) is 0 Å². The van der Waals surface area contributed by atoms with Gasteiger partial charge in [-0.2, -0.15) is 0 Å². The molecule has 1 aliphatic rings. The zero-order valence-electron chi connectivity index (χ0n) is 11.7. The second kappa shape index (κ2) is 5.16. The van der Waals surface area contributed by atoms with E-state index in [0.29, 0.717) is 23.9 Å². The third kappa shape index (κ3) is 2.35. The van der Waals surface area contributed by atoms with Crippen molar-refractivity contribution in [2.24, 2.45) is 0 Å². The number of hydrogen-bond acceptors (Lipinski definition) is 5. The summed E-state index contributed by atoms with van der Waals surface area (Å²) >= 11 is 0. The van der Waals surface area contributed by atoms with Gasteiger partial charge in [-0.15, -0.1) is 0 Å². The number of fused-ring (bicyclic) bond motifs is 1. The molecule has 0 unspecified atom stereocenters. The third-order valence-corrected chi connectivity index (χ3v) is 3.54. The number of hydrogen-bond donors (Lipinski definition) is 1. The molecular weight excluding hydrogens is 267 g/mol. The summed E-state index contributed by atoms with van der Waals surface area (Å²) in [6, 6.07) is 5.68. The van der Waals surface area contributed by atoms with Gasteiger partial charge >= 0.3 is 7.12 Å². The lowest BCUT2D eigenvalue weighted by Crippen LogP contribution is -2.28. The van der Waals surface area contributed by atoms with Gasteiger partial charge in [0.15, 0.2) is 0 Å². The van der Waals surface area contributed by atoms with Gasteiger partial charge in [0.2, 0.25) is 11.6 Å². The molecule has 0 fully saturated rings. The minimum Gasteiger partial charge on any atom is -0.423 e. The number of aromatic nitrogens is 2. The van der Waals surface area contributed by atoms with E-state index in [1.165, 1.54) is 6.20 Å². The molecule has 1 aromatic heterocycles. The summed E-state index contributed by atoms with van der Waals surface area (Å²) in [6.45, 7) is 9.21. The molecule has 1 aromatic carbocycles. The molecule has 0 radical (unpaired) electrons. The second-order valence-corrected chi connectivity index (χ2v) is 4.86. The van der Waals surface area contributed by atoms with Crippen LogP contribution in [0.4, 0.5) is 17.3 Å². The SMILES string of the molecule is [C-]#[N+]c1cnc(N(C)c2ccc3c(c2)COB3O)nc1C. The van der Waals surface area contributed by atoms with E-state index in [0.717, 1.165) is 16.7 Å². The first-order valence-electron chi connectivity index (χ1n) is 6.47. The fourth-order valence-electron chi connectivity index (χ4n) is 2.26. The molecule has 104 valence electrons. The summed E-state index contributed by atoms with van der Waals surface area (Å²) in [4.78, 5) is 13.8. The Morgan fingerprint density at radius 3 is 3.00 bits per heavy atom. The van der Waals surface area contributed by atoms with E-state index < -0.39 is 7.12 Å². The predicted octanol–water partition coefficient (Wildman–Crippen LogP) is 1.32. The summed E-state index contributed by atoms with van der Waals surface area (Å²) in [5.74, 6) is 0.527. The lowest BCUT2D eigenvalue weighted by molar-refractivity contribution is 0.275. The number of nitrogens with zero attached hydrogens (tertiary/aromatic N) is 4. The predicted molar refractivity (Wildman–Crippen MR) is 79.9 cm³/mol. The molecule has 0 amide bonds. The van der Waals surface area contributed by atoms with Crippen molar-refractivity contribution in [2.45, 2.75) is 13.5 Å². The molecule has 0 saturated heterocycles. The molecule has 0 spiro atoms. The van der Waals surface area contributed by atoms with Gasteiger partial charge < -0.3 is 14.6 Å². The standard InChI is InChI=1S/C14H13BN4O2/c1-9-13(16-2)7-17-14(18-9)19(3)11-4-5-12-10(6-11)8-21-15(12)20/h4-7,20H,8H2,1,3H3. The molecule has 2 aromatic rings. The molecule has 21 heavy (non-hydrogen) atoms. The van der Waals surface area contributed by atoms with E-state index in [1.54, 1.807) is 6.92 Å². The maximum atomic E-state index is 9.63. The molecule has 2 heterocycles. The van der Waals surface area contributed by atoms with E-state index in [1.807, 2.05) is 30.1 Å². The molecule has 1 aliphatic heterocycles. The van der Waals surface area contributed by atoms with Crippen molar-refractivity contribution in [3.63, 3.8) is 0 Å². The fraction of sp³-hybridized carbons (Fsp3) is 0.214. The molecule has 0 bridgehead atoms. The van der Waals surface area contributed by atoms with Gasteiger partial charge in [-0.3, -0.25) is 0 Å². The normalized spacial score (nSPS) is 13.0. The Kier molecular flexibility index (Phi) is 3.33. The van der Waals surface area contributed by atoms with Crippen molar-refractivity contribution in [1.29, 1.82) is 0 Å². The van der Waals surface area contributed by atoms with Gasteiger partial charge in [0.05, 0.1) is 13.2 Å². The molecule has 0 saturated carbocycles. The van der Waals surface area contributed by atoms with Crippen LogP contribution in [0.25, 0.3) is 4.85 Å². The van der Waals surface area contributed by atoms with E-state index in [9.17, 15) is 5.02 Å². The number of rotatable bonds is 2. The Hall–Kier alpha value is -2.43. The highest BCUT2D eigenvalue weighted by Gasteiger charge is 2.27. The average molecular weight is 280 g/mol. The van der Waals surface area contributed by atoms with Gasteiger partial charge in [0, 0.05) is 24.6 Å². The largest absolute Gasteiger partial charge is 0.491 e. The van der Waals surface area contributed by atoms with E-state index in [4.69, 9.17) is 11.2 Å². The summed E-state index contributed by atoms with van der Waals surface area (Å²) in [7, 11) is 1.02. The molecular formula is C14H13BN4O2. The highest BCUT2D eigenvalue weighted by molar-refractivity contribution is 6.61. The first-order valence-corrected chi connectivity index (χ1v) is 6.47. The molecule has 1 N–H and O–H groups in total. The molecule has 0 atom stereocenters. The zero-order chi connectivity index (χ0) is 15.0. The first kappa shape index (κ1) is 13.6. The topological polar surface area (TPSA) is 62.8 Å². The summed E-state index contributed by atoms with van der Waals surface area (Å²) < 4.78 is 5.19. The lowest BCUT2D eigenvalue weighted by atomic mass is 9.79. The van der Waals surface area contributed by atoms with Crippen LogP contribution in [0.3, 0.4) is 0 Å². The van der Waals surface area contributed by atoms with Crippen molar-refractivity contribution in [2.75, 3.05) is 11.9 Å². The Morgan fingerprint density at radius 2 is 2.29 bits per heavy atom. The van der Waals surface area contributed by atoms with Crippen molar-refractivity contribution in [3.8, 4) is 0 Å². The third-order valence-electron chi connectivity index (χ3n) is 3.54. The van der Waals surface area contributed by atoms with Crippen LogP contribution < -0.4 is 10.4 Å². The van der Waals surface area contributed by atoms with Crippen molar-refractivity contribution >= 4 is 29.9 Å². The maximum absolute atomic E-state index is 9.63. The number of benzene rings is 1. The fourth-order valence-corrected chi connectivity index (χ4v) is 2.26. The van der Waals surface area contributed by atoms with Crippen LogP contribution >= 0.6 is 0 Å². The monoisotopic (exact) mass is 280 g/mol. The Morgan fingerprint density at radius 1 is 1.48 bits per heavy atom. The van der Waals surface area contributed by atoms with Crippen molar-refractivity contribution in [3.05, 3.63) is 47.1 Å². The van der Waals surface area contributed by atoms with Crippen LogP contribution in [0.1, 0.15) is 11.3 Å². The first-order chi connectivity index (χ1) is 10.1. The van der Waals surface area contributed by atoms with Gasteiger partial charge in [-0.1, -0.05) is 6.07 Å². The second-order valence-electron chi connectivity index (χ2n) is 4.86. The number of aryl methyl sites for hydroxylation is 1. The number of anilines is 2. The van der Waals surface area contributed by atoms with E-state index >= 15 is 0 Å². The van der Waals surface area contributed by atoms with Gasteiger partial charge in [-0.05, 0) is 30.1 Å². The highest BCUT2D eigenvalue weighted by Crippen LogP contribution is 2.25. The van der Waals surface area contributed by atoms with Crippen molar-refractivity contribution < 1.29 is 9.68 Å². The van der Waals surface area contributed by atoms with Crippen LogP contribution in [0.15, 0.2) is 24.4 Å². The van der Waals surface area contributed by atoms with Crippen LogP contribution in [-0.4, -0.2) is 29.2 Å². The van der Waals surface area contributed by atoms with Crippen LogP contribution in [0, 0.1) is 13.5 Å². The molecule has 7 heteroatoms. The minimum atomic E-state index is -0.837. The smallest absolute Gasteiger partial charge is 0.423 e. The van der Waals surface area contributed by atoms with E-state index in [2.05, 4.69) is 14.8 Å². The molecule has 0 aliphatic carbocycles. The quantitative estimate of drug-likeness (QED) is 0.664. The van der Waals surface area contributed by atoms with Crippen LogP contribution in [0.5, 0.6) is 0 Å². The Bertz CT molecular complexity index is 744. The Labute approximate surface area is 123 Å². The summed E-state index contributed by atoms with van der Waals surface area (Å²) in [5.41, 5.74) is 3.77. The van der Waals surface area contributed by atoms with Gasteiger partial charge in [-0.25, -0.2) is 14.8 Å². The maximum Gasteiger partial charge on any atom is 0.491 e. The van der Waals surface area contributed by atoms with Crippen LogP contribution in [-0.2, 0) is 11.3 Å².